The SMILES string of the molecule is CCCC(CCN)CNS(=O)(=O)N1CCOCC1. The van der Waals surface area contributed by atoms with Crippen molar-refractivity contribution in [1.29, 1.82) is 0 Å². The summed E-state index contributed by atoms with van der Waals surface area (Å²) in [6.07, 6.45) is 2.91. The van der Waals surface area contributed by atoms with Gasteiger partial charge in [0.25, 0.3) is 10.2 Å². The molecule has 1 aliphatic rings. The zero-order valence-corrected chi connectivity index (χ0v) is 11.9. The predicted octanol–water partition coefficient (Wildman–Crippen LogP) is -0.0819. The van der Waals surface area contributed by atoms with Crippen LogP contribution < -0.4 is 10.5 Å². The lowest BCUT2D eigenvalue weighted by Crippen LogP contribution is -2.47. The van der Waals surface area contributed by atoms with Crippen LogP contribution in [-0.4, -0.2) is 52.1 Å². The summed E-state index contributed by atoms with van der Waals surface area (Å²) >= 11 is 0. The number of nitrogens with two attached hydrogens (primary N) is 1. The summed E-state index contributed by atoms with van der Waals surface area (Å²) < 4.78 is 33.3. The fourth-order valence-corrected chi connectivity index (χ4v) is 3.35. The van der Waals surface area contributed by atoms with Gasteiger partial charge in [-0.15, -0.1) is 0 Å². The van der Waals surface area contributed by atoms with E-state index in [4.69, 9.17) is 10.5 Å². The van der Waals surface area contributed by atoms with Crippen molar-refractivity contribution in [3.8, 4) is 0 Å². The van der Waals surface area contributed by atoms with Crippen LogP contribution in [0.1, 0.15) is 26.2 Å². The van der Waals surface area contributed by atoms with E-state index in [2.05, 4.69) is 11.6 Å². The standard InChI is InChI=1S/C11H25N3O3S/c1-2-3-11(4-5-12)10-13-18(15,16)14-6-8-17-9-7-14/h11,13H,2-10,12H2,1H3. The summed E-state index contributed by atoms with van der Waals surface area (Å²) in [5.41, 5.74) is 5.54. The van der Waals surface area contributed by atoms with Crippen molar-refractivity contribution in [3.05, 3.63) is 0 Å². The van der Waals surface area contributed by atoms with Crippen LogP contribution in [0.5, 0.6) is 0 Å². The lowest BCUT2D eigenvalue weighted by molar-refractivity contribution is 0.0724. The number of hydrogen-bond acceptors (Lipinski definition) is 4. The molecule has 1 unspecified atom stereocenters. The molecule has 7 heteroatoms. The molecule has 0 aromatic carbocycles. The lowest BCUT2D eigenvalue weighted by atomic mass is 10.0. The smallest absolute Gasteiger partial charge is 0.279 e. The number of morpholine rings is 1. The second kappa shape index (κ2) is 8.06. The Morgan fingerprint density at radius 1 is 1.33 bits per heavy atom. The first kappa shape index (κ1) is 15.8. The van der Waals surface area contributed by atoms with Gasteiger partial charge in [-0.2, -0.15) is 12.7 Å². The molecule has 0 aromatic heterocycles. The summed E-state index contributed by atoms with van der Waals surface area (Å²) in [5.74, 6) is 0.329. The third-order valence-electron chi connectivity index (χ3n) is 3.14. The maximum absolute atomic E-state index is 12.0. The number of nitrogens with one attached hydrogen (secondary N) is 1. The summed E-state index contributed by atoms with van der Waals surface area (Å²) in [7, 11) is -3.35. The zero-order valence-electron chi connectivity index (χ0n) is 11.1. The normalized spacial score (nSPS) is 19.9. The van der Waals surface area contributed by atoms with Gasteiger partial charge in [-0.3, -0.25) is 0 Å². The molecule has 0 saturated carbocycles. The summed E-state index contributed by atoms with van der Waals surface area (Å²) in [6.45, 7) is 4.99. The molecule has 1 aliphatic heterocycles. The van der Waals surface area contributed by atoms with Gasteiger partial charge in [0.05, 0.1) is 13.2 Å². The Morgan fingerprint density at radius 3 is 2.56 bits per heavy atom. The Bertz CT molecular complexity index is 309. The van der Waals surface area contributed by atoms with Crippen LogP contribution in [0.15, 0.2) is 0 Å². The third-order valence-corrected chi connectivity index (χ3v) is 4.71. The molecule has 0 radical (unpaired) electrons. The average Bonchev–Trinajstić information content (AvgIpc) is 2.38. The van der Waals surface area contributed by atoms with Crippen molar-refractivity contribution in [1.82, 2.24) is 9.03 Å². The Labute approximate surface area is 110 Å². The first-order valence-electron chi connectivity index (χ1n) is 6.62. The van der Waals surface area contributed by atoms with Gasteiger partial charge < -0.3 is 10.5 Å². The van der Waals surface area contributed by atoms with Gasteiger partial charge in [0, 0.05) is 19.6 Å². The maximum Gasteiger partial charge on any atom is 0.279 e. The molecule has 108 valence electrons. The summed E-state index contributed by atoms with van der Waals surface area (Å²) in [4.78, 5) is 0. The molecule has 0 aromatic rings. The fourth-order valence-electron chi connectivity index (χ4n) is 2.09. The number of rotatable bonds is 8. The van der Waals surface area contributed by atoms with Gasteiger partial charge in [0.15, 0.2) is 0 Å². The van der Waals surface area contributed by atoms with Gasteiger partial charge in [0.2, 0.25) is 0 Å². The monoisotopic (exact) mass is 279 g/mol. The van der Waals surface area contributed by atoms with Crippen molar-refractivity contribution < 1.29 is 13.2 Å². The Balaban J connectivity index is 2.43. The van der Waals surface area contributed by atoms with Crippen LogP contribution in [0.3, 0.4) is 0 Å². The van der Waals surface area contributed by atoms with E-state index in [0.717, 1.165) is 19.3 Å². The quantitative estimate of drug-likeness (QED) is 0.651. The minimum absolute atomic E-state index is 0.329. The van der Waals surface area contributed by atoms with Crippen molar-refractivity contribution >= 4 is 10.2 Å². The second-order valence-electron chi connectivity index (χ2n) is 4.60. The molecule has 1 saturated heterocycles. The number of nitrogens with zero attached hydrogens (tertiary/aromatic N) is 1. The van der Waals surface area contributed by atoms with Crippen LogP contribution >= 0.6 is 0 Å². The van der Waals surface area contributed by atoms with E-state index < -0.39 is 10.2 Å². The molecule has 1 atom stereocenters. The van der Waals surface area contributed by atoms with Crippen LogP contribution in [0.2, 0.25) is 0 Å². The van der Waals surface area contributed by atoms with Crippen LogP contribution in [0.25, 0.3) is 0 Å². The molecule has 1 heterocycles. The Hall–Kier alpha value is -0.210. The van der Waals surface area contributed by atoms with E-state index >= 15 is 0 Å². The van der Waals surface area contributed by atoms with Gasteiger partial charge in [-0.25, -0.2) is 4.72 Å². The molecule has 0 spiro atoms. The molecule has 1 fully saturated rings. The van der Waals surface area contributed by atoms with Gasteiger partial charge in [-0.1, -0.05) is 13.3 Å². The van der Waals surface area contributed by atoms with E-state index in [1.807, 2.05) is 0 Å². The topological polar surface area (TPSA) is 84.7 Å². The van der Waals surface area contributed by atoms with Crippen LogP contribution in [0.4, 0.5) is 0 Å². The molecule has 0 aliphatic carbocycles. The van der Waals surface area contributed by atoms with E-state index in [9.17, 15) is 8.42 Å². The highest BCUT2D eigenvalue weighted by Gasteiger charge is 2.24. The van der Waals surface area contributed by atoms with Gasteiger partial charge in [-0.05, 0) is 25.3 Å². The fraction of sp³-hybridized carbons (Fsp3) is 1.00. The van der Waals surface area contributed by atoms with Crippen molar-refractivity contribution in [2.24, 2.45) is 11.7 Å². The van der Waals surface area contributed by atoms with E-state index in [-0.39, 0.29) is 0 Å². The van der Waals surface area contributed by atoms with Crippen LogP contribution in [-0.2, 0) is 14.9 Å². The number of ether oxygens (including phenoxy) is 1. The van der Waals surface area contributed by atoms with Crippen molar-refractivity contribution in [2.45, 2.75) is 26.2 Å². The average molecular weight is 279 g/mol. The highest BCUT2D eigenvalue weighted by atomic mass is 32.2. The van der Waals surface area contributed by atoms with Crippen molar-refractivity contribution in [2.75, 3.05) is 39.4 Å². The maximum atomic E-state index is 12.0. The molecule has 1 rings (SSSR count). The van der Waals surface area contributed by atoms with E-state index in [1.54, 1.807) is 0 Å². The minimum atomic E-state index is -3.35. The van der Waals surface area contributed by atoms with E-state index in [1.165, 1.54) is 4.31 Å². The Kier molecular flexibility index (Phi) is 7.10. The highest BCUT2D eigenvalue weighted by molar-refractivity contribution is 7.87. The lowest BCUT2D eigenvalue weighted by Gasteiger charge is -2.27. The predicted molar refractivity (Wildman–Crippen MR) is 71.4 cm³/mol. The Morgan fingerprint density at radius 2 is 2.00 bits per heavy atom. The number of hydrogen-bond donors (Lipinski definition) is 2. The molecular weight excluding hydrogens is 254 g/mol. The third kappa shape index (κ3) is 5.19. The second-order valence-corrected chi connectivity index (χ2v) is 6.35. The highest BCUT2D eigenvalue weighted by Crippen LogP contribution is 2.10. The summed E-state index contributed by atoms with van der Waals surface area (Å²) in [6, 6.07) is 0. The minimum Gasteiger partial charge on any atom is -0.379 e. The van der Waals surface area contributed by atoms with Gasteiger partial charge in [0.1, 0.15) is 0 Å². The molecule has 0 bridgehead atoms. The van der Waals surface area contributed by atoms with Gasteiger partial charge >= 0.3 is 0 Å². The molecule has 6 nitrogen and oxygen atoms in total. The summed E-state index contributed by atoms with van der Waals surface area (Å²) in [5, 5.41) is 0. The first-order valence-corrected chi connectivity index (χ1v) is 8.06. The first-order chi connectivity index (χ1) is 8.60. The molecular formula is C11H25N3O3S. The van der Waals surface area contributed by atoms with Crippen LogP contribution in [0, 0.1) is 5.92 Å². The van der Waals surface area contributed by atoms with E-state index in [0.29, 0.717) is 45.3 Å². The molecule has 3 N–H and O–H groups in total. The molecule has 18 heavy (non-hydrogen) atoms. The molecule has 0 amide bonds. The zero-order chi connectivity index (χ0) is 13.4. The van der Waals surface area contributed by atoms with Crippen molar-refractivity contribution in [3.63, 3.8) is 0 Å². The largest absolute Gasteiger partial charge is 0.379 e.